The predicted molar refractivity (Wildman–Crippen MR) is 71.5 cm³/mol. The summed E-state index contributed by atoms with van der Waals surface area (Å²) >= 11 is 0. The lowest BCUT2D eigenvalue weighted by atomic mass is 10.2. The van der Waals surface area contributed by atoms with E-state index in [1.165, 1.54) is 12.1 Å². The second-order valence-electron chi connectivity index (χ2n) is 3.92. The standard InChI is InChI=1S/C15H13FN2O/c16-14-4-2-1-3-13(14)11-18-15(19)6-5-12-7-9-17-10-8-12/h1-10H,11H2,(H,18,19)/b6-5+. The number of pyridine rings is 1. The van der Waals surface area contributed by atoms with Crippen molar-refractivity contribution >= 4 is 12.0 Å². The van der Waals surface area contributed by atoms with Crippen LogP contribution in [0.5, 0.6) is 0 Å². The van der Waals surface area contributed by atoms with Crippen molar-refractivity contribution in [1.29, 1.82) is 0 Å². The number of rotatable bonds is 4. The van der Waals surface area contributed by atoms with Gasteiger partial charge in [0.2, 0.25) is 5.91 Å². The van der Waals surface area contributed by atoms with E-state index >= 15 is 0 Å². The van der Waals surface area contributed by atoms with Crippen LogP contribution in [0.25, 0.3) is 6.08 Å². The highest BCUT2D eigenvalue weighted by Crippen LogP contribution is 2.05. The van der Waals surface area contributed by atoms with Gasteiger partial charge in [0.25, 0.3) is 0 Å². The maximum absolute atomic E-state index is 13.3. The molecule has 0 saturated heterocycles. The SMILES string of the molecule is O=C(/C=C/c1ccncc1)NCc1ccccc1F. The Kier molecular flexibility index (Phi) is 4.39. The molecule has 1 aromatic heterocycles. The summed E-state index contributed by atoms with van der Waals surface area (Å²) in [5.74, 6) is -0.582. The molecule has 0 atom stereocenters. The number of hydrogen-bond donors (Lipinski definition) is 1. The molecule has 0 aliphatic carbocycles. The van der Waals surface area contributed by atoms with Gasteiger partial charge >= 0.3 is 0 Å². The molecule has 4 heteroatoms. The van der Waals surface area contributed by atoms with Crippen LogP contribution in [0, 0.1) is 5.82 Å². The first-order valence-electron chi connectivity index (χ1n) is 5.85. The Morgan fingerprint density at radius 2 is 1.95 bits per heavy atom. The highest BCUT2D eigenvalue weighted by Gasteiger charge is 2.01. The van der Waals surface area contributed by atoms with E-state index in [0.717, 1.165) is 5.56 Å². The molecular weight excluding hydrogens is 243 g/mol. The summed E-state index contributed by atoms with van der Waals surface area (Å²) < 4.78 is 13.3. The summed E-state index contributed by atoms with van der Waals surface area (Å²) in [6, 6.07) is 9.94. The second-order valence-corrected chi connectivity index (χ2v) is 3.92. The predicted octanol–water partition coefficient (Wildman–Crippen LogP) is 2.55. The van der Waals surface area contributed by atoms with E-state index in [1.807, 2.05) is 0 Å². The van der Waals surface area contributed by atoms with Crippen molar-refractivity contribution in [2.45, 2.75) is 6.54 Å². The van der Waals surface area contributed by atoms with Crippen molar-refractivity contribution < 1.29 is 9.18 Å². The van der Waals surface area contributed by atoms with E-state index in [1.54, 1.807) is 48.8 Å². The van der Waals surface area contributed by atoms with Crippen LogP contribution < -0.4 is 5.32 Å². The van der Waals surface area contributed by atoms with E-state index in [2.05, 4.69) is 10.3 Å². The first-order valence-corrected chi connectivity index (χ1v) is 5.85. The minimum atomic E-state index is -0.319. The number of amides is 1. The number of halogens is 1. The minimum absolute atomic E-state index is 0.173. The highest BCUT2D eigenvalue weighted by molar-refractivity contribution is 5.91. The maximum atomic E-state index is 13.3. The zero-order valence-corrected chi connectivity index (χ0v) is 10.2. The van der Waals surface area contributed by atoms with Crippen LogP contribution in [-0.4, -0.2) is 10.9 Å². The third-order valence-corrected chi connectivity index (χ3v) is 2.54. The van der Waals surface area contributed by atoms with Gasteiger partial charge in [-0.05, 0) is 29.8 Å². The molecule has 1 N–H and O–H groups in total. The van der Waals surface area contributed by atoms with Crippen molar-refractivity contribution in [2.75, 3.05) is 0 Å². The number of hydrogen-bond acceptors (Lipinski definition) is 2. The van der Waals surface area contributed by atoms with Crippen LogP contribution in [0.1, 0.15) is 11.1 Å². The average Bonchev–Trinajstić information content (AvgIpc) is 2.45. The van der Waals surface area contributed by atoms with Crippen molar-refractivity contribution in [3.8, 4) is 0 Å². The lowest BCUT2D eigenvalue weighted by Crippen LogP contribution is -2.20. The third-order valence-electron chi connectivity index (χ3n) is 2.54. The molecule has 1 heterocycles. The molecule has 19 heavy (non-hydrogen) atoms. The first-order chi connectivity index (χ1) is 9.25. The van der Waals surface area contributed by atoms with Crippen LogP contribution >= 0.6 is 0 Å². The van der Waals surface area contributed by atoms with Gasteiger partial charge < -0.3 is 5.32 Å². The summed E-state index contributed by atoms with van der Waals surface area (Å²) in [6.45, 7) is 0.173. The number of carbonyl (C=O) groups excluding carboxylic acids is 1. The number of nitrogens with one attached hydrogen (secondary N) is 1. The molecule has 1 aromatic carbocycles. The molecule has 0 saturated carbocycles. The zero-order chi connectivity index (χ0) is 13.5. The van der Waals surface area contributed by atoms with Crippen molar-refractivity contribution in [1.82, 2.24) is 10.3 Å². The molecule has 2 aromatic rings. The average molecular weight is 256 g/mol. The number of aromatic nitrogens is 1. The quantitative estimate of drug-likeness (QED) is 0.854. The normalized spacial score (nSPS) is 10.6. The molecular formula is C15H13FN2O. The molecule has 0 bridgehead atoms. The van der Waals surface area contributed by atoms with Crippen LogP contribution in [-0.2, 0) is 11.3 Å². The van der Waals surface area contributed by atoms with Gasteiger partial charge in [0, 0.05) is 30.6 Å². The largest absolute Gasteiger partial charge is 0.348 e. The van der Waals surface area contributed by atoms with E-state index in [0.29, 0.717) is 5.56 Å². The molecule has 96 valence electrons. The van der Waals surface area contributed by atoms with Gasteiger partial charge in [0.05, 0.1) is 0 Å². The van der Waals surface area contributed by atoms with Crippen LogP contribution in [0.3, 0.4) is 0 Å². The molecule has 1 amide bonds. The number of carbonyl (C=O) groups is 1. The van der Waals surface area contributed by atoms with E-state index in [9.17, 15) is 9.18 Å². The summed E-state index contributed by atoms with van der Waals surface area (Å²) in [6.07, 6.45) is 6.39. The molecule has 2 rings (SSSR count). The molecule has 3 nitrogen and oxygen atoms in total. The maximum Gasteiger partial charge on any atom is 0.244 e. The monoisotopic (exact) mass is 256 g/mol. The minimum Gasteiger partial charge on any atom is -0.348 e. The topological polar surface area (TPSA) is 42.0 Å². The smallest absolute Gasteiger partial charge is 0.244 e. The Hall–Kier alpha value is -2.49. The van der Waals surface area contributed by atoms with Crippen molar-refractivity contribution in [3.63, 3.8) is 0 Å². The van der Waals surface area contributed by atoms with Crippen molar-refractivity contribution in [3.05, 3.63) is 71.8 Å². The third kappa shape index (κ3) is 4.03. The van der Waals surface area contributed by atoms with Crippen LogP contribution in [0.4, 0.5) is 4.39 Å². The highest BCUT2D eigenvalue weighted by atomic mass is 19.1. The lowest BCUT2D eigenvalue weighted by Gasteiger charge is -2.03. The van der Waals surface area contributed by atoms with E-state index in [-0.39, 0.29) is 18.3 Å². The summed E-state index contributed by atoms with van der Waals surface area (Å²) in [4.78, 5) is 15.4. The molecule has 0 spiro atoms. The van der Waals surface area contributed by atoms with E-state index < -0.39 is 0 Å². The summed E-state index contributed by atoms with van der Waals surface area (Å²) in [7, 11) is 0. The van der Waals surface area contributed by atoms with Gasteiger partial charge in [-0.15, -0.1) is 0 Å². The summed E-state index contributed by atoms with van der Waals surface area (Å²) in [5.41, 5.74) is 1.35. The fourth-order valence-electron chi connectivity index (χ4n) is 1.53. The lowest BCUT2D eigenvalue weighted by molar-refractivity contribution is -0.116. The Bertz CT molecular complexity index is 582. The van der Waals surface area contributed by atoms with Gasteiger partial charge in [-0.3, -0.25) is 9.78 Å². The molecule has 0 aliphatic rings. The van der Waals surface area contributed by atoms with Crippen LogP contribution in [0.15, 0.2) is 54.9 Å². The molecule has 0 aliphatic heterocycles. The molecule has 0 fully saturated rings. The van der Waals surface area contributed by atoms with Gasteiger partial charge in [-0.1, -0.05) is 18.2 Å². The molecule has 0 radical (unpaired) electrons. The fraction of sp³-hybridized carbons (Fsp3) is 0.0667. The van der Waals surface area contributed by atoms with Gasteiger partial charge in [0.15, 0.2) is 0 Å². The van der Waals surface area contributed by atoms with Gasteiger partial charge in [-0.2, -0.15) is 0 Å². The zero-order valence-electron chi connectivity index (χ0n) is 10.2. The Morgan fingerprint density at radius 1 is 1.21 bits per heavy atom. The Labute approximate surface area is 110 Å². The Morgan fingerprint density at radius 3 is 2.68 bits per heavy atom. The van der Waals surface area contributed by atoms with Crippen LogP contribution in [0.2, 0.25) is 0 Å². The molecule has 0 unspecified atom stereocenters. The summed E-state index contributed by atoms with van der Waals surface area (Å²) in [5, 5.41) is 2.63. The Balaban J connectivity index is 1.89. The van der Waals surface area contributed by atoms with Gasteiger partial charge in [-0.25, -0.2) is 4.39 Å². The van der Waals surface area contributed by atoms with Crippen molar-refractivity contribution in [2.24, 2.45) is 0 Å². The first kappa shape index (κ1) is 13.0. The fourth-order valence-corrected chi connectivity index (χ4v) is 1.53. The number of benzene rings is 1. The number of nitrogens with zero attached hydrogens (tertiary/aromatic N) is 1. The van der Waals surface area contributed by atoms with Gasteiger partial charge in [0.1, 0.15) is 5.82 Å². The second kappa shape index (κ2) is 6.44. The van der Waals surface area contributed by atoms with E-state index in [4.69, 9.17) is 0 Å².